The van der Waals surface area contributed by atoms with Gasteiger partial charge in [-0.25, -0.2) is 4.79 Å². The molecule has 0 saturated carbocycles. The predicted molar refractivity (Wildman–Crippen MR) is 43.8 cm³/mol. The van der Waals surface area contributed by atoms with Crippen molar-refractivity contribution in [3.63, 3.8) is 0 Å². The van der Waals surface area contributed by atoms with Crippen molar-refractivity contribution in [2.75, 3.05) is 5.48 Å². The molecule has 0 atom stereocenters. The summed E-state index contributed by atoms with van der Waals surface area (Å²) in [4.78, 5) is 21.3. The van der Waals surface area contributed by atoms with Crippen molar-refractivity contribution in [1.29, 1.82) is 0 Å². The van der Waals surface area contributed by atoms with Crippen molar-refractivity contribution in [2.24, 2.45) is 0 Å². The third-order valence-electron chi connectivity index (χ3n) is 1.49. The van der Waals surface area contributed by atoms with Gasteiger partial charge in [0.1, 0.15) is 0 Å². The predicted octanol–water partition coefficient (Wildman–Crippen LogP) is 0.755. The van der Waals surface area contributed by atoms with E-state index in [1.54, 1.807) is 11.5 Å². The highest BCUT2D eigenvalue weighted by Crippen LogP contribution is 2.14. The number of aliphatic carboxylic acids is 1. The topological polar surface area (TPSA) is 86.6 Å². The second kappa shape index (κ2) is 3.68. The Labute approximate surface area is 73.6 Å². The normalized spacial score (nSPS) is 9.31. The molecule has 0 aliphatic heterocycles. The number of carboxylic acid groups (broad SMARTS) is 1. The molecular weight excluding hydrogens is 174 g/mol. The van der Waals surface area contributed by atoms with Crippen molar-refractivity contribution in [1.82, 2.24) is 0 Å². The van der Waals surface area contributed by atoms with E-state index in [4.69, 9.17) is 10.3 Å². The van der Waals surface area contributed by atoms with Gasteiger partial charge in [-0.1, -0.05) is 12.1 Å². The maximum absolute atomic E-state index is 11.0. The van der Waals surface area contributed by atoms with Gasteiger partial charge in [-0.2, -0.15) is 0 Å². The SMILES string of the molecule is O=C(O)C(=O)c1ccccc1NO. The fourth-order valence-corrected chi connectivity index (χ4v) is 0.894. The molecule has 1 rings (SSSR count). The Bertz CT molecular complexity index is 348. The maximum Gasteiger partial charge on any atom is 0.377 e. The van der Waals surface area contributed by atoms with Gasteiger partial charge in [-0.05, 0) is 12.1 Å². The van der Waals surface area contributed by atoms with Crippen molar-refractivity contribution in [3.05, 3.63) is 29.8 Å². The fourth-order valence-electron chi connectivity index (χ4n) is 0.894. The minimum atomic E-state index is -1.55. The van der Waals surface area contributed by atoms with Crippen LogP contribution < -0.4 is 5.48 Å². The highest BCUT2D eigenvalue weighted by atomic mass is 16.5. The van der Waals surface area contributed by atoms with E-state index in [1.807, 2.05) is 0 Å². The van der Waals surface area contributed by atoms with E-state index in [2.05, 4.69) is 0 Å². The molecule has 0 spiro atoms. The minimum absolute atomic E-state index is 0.0718. The quantitative estimate of drug-likeness (QED) is 0.364. The number of hydrogen-bond donors (Lipinski definition) is 3. The zero-order valence-electron chi connectivity index (χ0n) is 6.52. The molecule has 1 aromatic rings. The summed E-state index contributed by atoms with van der Waals surface area (Å²) >= 11 is 0. The number of carbonyl (C=O) groups is 2. The van der Waals surface area contributed by atoms with Gasteiger partial charge < -0.3 is 5.11 Å². The summed E-state index contributed by atoms with van der Waals surface area (Å²) in [5.41, 5.74) is 1.75. The molecule has 0 fully saturated rings. The lowest BCUT2D eigenvalue weighted by molar-refractivity contribution is -0.131. The van der Waals surface area contributed by atoms with Crippen LogP contribution in [0.15, 0.2) is 24.3 Å². The van der Waals surface area contributed by atoms with Crippen LogP contribution in [-0.4, -0.2) is 22.1 Å². The number of nitrogens with one attached hydrogen (secondary N) is 1. The van der Waals surface area contributed by atoms with E-state index < -0.39 is 11.8 Å². The first-order valence-electron chi connectivity index (χ1n) is 3.43. The number of anilines is 1. The third kappa shape index (κ3) is 1.83. The van der Waals surface area contributed by atoms with E-state index in [9.17, 15) is 9.59 Å². The van der Waals surface area contributed by atoms with Crippen LogP contribution in [0, 0.1) is 0 Å². The van der Waals surface area contributed by atoms with Gasteiger partial charge in [0, 0.05) is 0 Å². The molecule has 5 heteroatoms. The summed E-state index contributed by atoms with van der Waals surface area (Å²) in [6, 6.07) is 5.79. The van der Waals surface area contributed by atoms with E-state index >= 15 is 0 Å². The Morgan fingerprint density at radius 3 is 2.38 bits per heavy atom. The molecule has 0 amide bonds. The van der Waals surface area contributed by atoms with Crippen LogP contribution in [0.3, 0.4) is 0 Å². The summed E-state index contributed by atoms with van der Waals surface area (Å²) in [6.45, 7) is 0. The van der Waals surface area contributed by atoms with Gasteiger partial charge in [-0.15, -0.1) is 0 Å². The molecule has 5 nitrogen and oxygen atoms in total. The Balaban J connectivity index is 3.13. The summed E-state index contributed by atoms with van der Waals surface area (Å²) in [7, 11) is 0. The van der Waals surface area contributed by atoms with E-state index in [1.165, 1.54) is 18.2 Å². The monoisotopic (exact) mass is 181 g/mol. The van der Waals surface area contributed by atoms with Gasteiger partial charge >= 0.3 is 5.97 Å². The second-order valence-electron chi connectivity index (χ2n) is 2.29. The molecule has 0 unspecified atom stereocenters. The fraction of sp³-hybridized carbons (Fsp3) is 0. The van der Waals surface area contributed by atoms with Gasteiger partial charge in [0.15, 0.2) is 0 Å². The standard InChI is InChI=1S/C8H7NO4/c10-7(8(11)12)5-3-1-2-4-6(5)9-13/h1-4,9,13H,(H,11,12). The lowest BCUT2D eigenvalue weighted by Crippen LogP contribution is -2.14. The molecule has 0 radical (unpaired) electrons. The van der Waals surface area contributed by atoms with Crippen LogP contribution in [0.1, 0.15) is 10.4 Å². The number of rotatable bonds is 3. The van der Waals surface area contributed by atoms with Gasteiger partial charge in [-0.3, -0.25) is 15.5 Å². The average Bonchev–Trinajstić information content (AvgIpc) is 2.16. The molecular formula is C8H7NO4. The van der Waals surface area contributed by atoms with Crippen LogP contribution in [0.2, 0.25) is 0 Å². The number of para-hydroxylation sites is 1. The Morgan fingerprint density at radius 2 is 1.85 bits per heavy atom. The Hall–Kier alpha value is -1.88. The van der Waals surface area contributed by atoms with Gasteiger partial charge in [0.05, 0.1) is 11.3 Å². The smallest absolute Gasteiger partial charge is 0.377 e. The highest BCUT2D eigenvalue weighted by Gasteiger charge is 2.17. The average molecular weight is 181 g/mol. The number of Topliss-reactive ketones (excluding diaryl/α,β-unsaturated/α-hetero) is 1. The Morgan fingerprint density at radius 1 is 1.23 bits per heavy atom. The van der Waals surface area contributed by atoms with Crippen molar-refractivity contribution in [3.8, 4) is 0 Å². The molecule has 1 aromatic carbocycles. The zero-order chi connectivity index (χ0) is 9.84. The number of carbonyl (C=O) groups excluding carboxylic acids is 1. The van der Waals surface area contributed by atoms with Crippen LogP contribution in [0.4, 0.5) is 5.69 Å². The molecule has 0 aliphatic carbocycles. The zero-order valence-corrected chi connectivity index (χ0v) is 6.52. The van der Waals surface area contributed by atoms with Crippen LogP contribution in [-0.2, 0) is 4.79 Å². The lowest BCUT2D eigenvalue weighted by Gasteiger charge is -2.03. The first-order valence-corrected chi connectivity index (χ1v) is 3.43. The number of benzene rings is 1. The maximum atomic E-state index is 11.0. The first kappa shape index (κ1) is 9.21. The second-order valence-corrected chi connectivity index (χ2v) is 2.29. The number of hydrogen-bond acceptors (Lipinski definition) is 4. The van der Waals surface area contributed by atoms with Crippen molar-refractivity contribution in [2.45, 2.75) is 0 Å². The van der Waals surface area contributed by atoms with Gasteiger partial charge in [0.25, 0.3) is 5.78 Å². The van der Waals surface area contributed by atoms with E-state index in [-0.39, 0.29) is 11.3 Å². The molecule has 0 aliphatic rings. The van der Waals surface area contributed by atoms with Crippen LogP contribution in [0.5, 0.6) is 0 Å². The molecule has 0 saturated heterocycles. The van der Waals surface area contributed by atoms with Gasteiger partial charge in [0.2, 0.25) is 0 Å². The van der Waals surface area contributed by atoms with Crippen LogP contribution >= 0.6 is 0 Å². The van der Waals surface area contributed by atoms with E-state index in [0.29, 0.717) is 0 Å². The molecule has 3 N–H and O–H groups in total. The largest absolute Gasteiger partial charge is 0.475 e. The van der Waals surface area contributed by atoms with Crippen LogP contribution in [0.25, 0.3) is 0 Å². The summed E-state index contributed by atoms with van der Waals surface area (Å²) < 4.78 is 0. The lowest BCUT2D eigenvalue weighted by atomic mass is 10.1. The van der Waals surface area contributed by atoms with Crippen molar-refractivity contribution < 1.29 is 19.9 Å². The summed E-state index contributed by atoms with van der Waals surface area (Å²) in [5, 5.41) is 17.0. The summed E-state index contributed by atoms with van der Waals surface area (Å²) in [5.74, 6) is -2.61. The molecule has 0 bridgehead atoms. The molecule has 68 valence electrons. The molecule has 0 aromatic heterocycles. The molecule has 0 heterocycles. The Kier molecular flexibility index (Phi) is 2.61. The van der Waals surface area contributed by atoms with E-state index in [0.717, 1.165) is 0 Å². The molecule has 13 heavy (non-hydrogen) atoms. The number of ketones is 1. The third-order valence-corrected chi connectivity index (χ3v) is 1.49. The van der Waals surface area contributed by atoms with Crippen molar-refractivity contribution >= 4 is 17.4 Å². The summed E-state index contributed by atoms with van der Waals surface area (Å²) in [6.07, 6.45) is 0. The minimum Gasteiger partial charge on any atom is -0.475 e. The first-order chi connectivity index (χ1) is 6.16. The highest BCUT2D eigenvalue weighted by molar-refractivity contribution is 6.41. The number of carboxylic acids is 1.